The van der Waals surface area contributed by atoms with Gasteiger partial charge in [-0.05, 0) is 18.2 Å². The minimum absolute atomic E-state index is 0.00115. The molecule has 0 bridgehead atoms. The monoisotopic (exact) mass is 376 g/mol. The molecule has 10 nitrogen and oxygen atoms in total. The first-order valence-corrected chi connectivity index (χ1v) is 7.55. The number of nitrogens with zero attached hydrogens (tertiary/aromatic N) is 3. The first kappa shape index (κ1) is 18.8. The van der Waals surface area contributed by atoms with Gasteiger partial charge < -0.3 is 10.6 Å². The summed E-state index contributed by atoms with van der Waals surface area (Å²) in [5, 5.41) is 19.0. The first-order chi connectivity index (χ1) is 12.5. The van der Waals surface area contributed by atoms with Gasteiger partial charge in [-0.2, -0.15) is 5.10 Å². The van der Waals surface area contributed by atoms with E-state index in [2.05, 4.69) is 26.1 Å². The number of hydrazone groups is 1. The van der Waals surface area contributed by atoms with Crippen molar-refractivity contribution < 1.29 is 14.5 Å². The Morgan fingerprint density at radius 1 is 1.31 bits per heavy atom. The molecule has 3 amide bonds. The maximum atomic E-state index is 11.7. The van der Waals surface area contributed by atoms with Gasteiger partial charge in [0.1, 0.15) is 6.54 Å². The van der Waals surface area contributed by atoms with Crippen LogP contribution in [0.2, 0.25) is 5.02 Å². The van der Waals surface area contributed by atoms with Crippen LogP contribution in [0, 0.1) is 10.1 Å². The fourth-order valence-corrected chi connectivity index (χ4v) is 1.93. The highest BCUT2D eigenvalue weighted by Gasteiger charge is 2.12. The third kappa shape index (κ3) is 5.83. The van der Waals surface area contributed by atoms with E-state index in [4.69, 9.17) is 11.6 Å². The Bertz CT molecular complexity index is 843. The van der Waals surface area contributed by atoms with Crippen molar-refractivity contribution in [1.82, 2.24) is 15.7 Å². The summed E-state index contributed by atoms with van der Waals surface area (Å²) in [4.78, 5) is 37.3. The lowest BCUT2D eigenvalue weighted by Crippen LogP contribution is -2.37. The molecule has 134 valence electrons. The van der Waals surface area contributed by atoms with Crippen molar-refractivity contribution >= 4 is 41.1 Å². The summed E-state index contributed by atoms with van der Waals surface area (Å²) in [7, 11) is 0. The third-order valence-electron chi connectivity index (χ3n) is 2.90. The lowest BCUT2D eigenvalue weighted by atomic mass is 10.3. The molecule has 0 saturated heterocycles. The Balaban J connectivity index is 1.78. The van der Waals surface area contributed by atoms with Crippen LogP contribution < -0.4 is 16.1 Å². The van der Waals surface area contributed by atoms with Gasteiger partial charge in [0.05, 0.1) is 27.5 Å². The molecule has 1 aromatic carbocycles. The highest BCUT2D eigenvalue weighted by atomic mass is 35.5. The number of nitro groups is 1. The number of anilines is 1. The second-order valence-corrected chi connectivity index (χ2v) is 5.18. The Labute approximate surface area is 152 Å². The predicted molar refractivity (Wildman–Crippen MR) is 95.1 cm³/mol. The van der Waals surface area contributed by atoms with E-state index < -0.39 is 16.9 Å². The number of pyridine rings is 1. The summed E-state index contributed by atoms with van der Waals surface area (Å²) >= 11 is 5.86. The molecule has 0 saturated carbocycles. The van der Waals surface area contributed by atoms with Crippen LogP contribution in [-0.2, 0) is 4.79 Å². The van der Waals surface area contributed by atoms with Gasteiger partial charge in [-0.15, -0.1) is 0 Å². The molecule has 0 unspecified atom stereocenters. The Kier molecular flexibility index (Phi) is 6.57. The van der Waals surface area contributed by atoms with Gasteiger partial charge >= 0.3 is 6.03 Å². The third-order valence-corrected chi connectivity index (χ3v) is 3.21. The minimum Gasteiger partial charge on any atom is -0.329 e. The maximum absolute atomic E-state index is 11.7. The summed E-state index contributed by atoms with van der Waals surface area (Å²) in [6.07, 6.45) is 2.94. The van der Waals surface area contributed by atoms with E-state index in [-0.39, 0.29) is 22.9 Å². The van der Waals surface area contributed by atoms with Crippen LogP contribution in [0.1, 0.15) is 5.69 Å². The van der Waals surface area contributed by atoms with Crippen LogP contribution in [0.5, 0.6) is 0 Å². The van der Waals surface area contributed by atoms with E-state index in [0.29, 0.717) is 5.69 Å². The molecule has 0 fully saturated rings. The van der Waals surface area contributed by atoms with Gasteiger partial charge in [0.2, 0.25) is 0 Å². The fraction of sp³-hybridized carbons (Fsp3) is 0.0667. The van der Waals surface area contributed by atoms with E-state index in [1.54, 1.807) is 24.4 Å². The number of nitro benzene ring substituents is 1. The van der Waals surface area contributed by atoms with Crippen molar-refractivity contribution in [2.24, 2.45) is 5.10 Å². The van der Waals surface area contributed by atoms with Crippen LogP contribution >= 0.6 is 11.6 Å². The Hall–Kier alpha value is -3.53. The van der Waals surface area contributed by atoms with Crippen molar-refractivity contribution in [3.63, 3.8) is 0 Å². The Morgan fingerprint density at radius 3 is 2.77 bits per heavy atom. The molecule has 0 spiro atoms. The first-order valence-electron chi connectivity index (χ1n) is 7.17. The fourth-order valence-electron chi connectivity index (χ4n) is 1.71. The van der Waals surface area contributed by atoms with Crippen molar-refractivity contribution in [2.75, 3.05) is 11.9 Å². The van der Waals surface area contributed by atoms with E-state index in [0.717, 1.165) is 6.07 Å². The zero-order chi connectivity index (χ0) is 18.9. The van der Waals surface area contributed by atoms with Gasteiger partial charge in [-0.3, -0.25) is 19.9 Å². The molecule has 0 atom stereocenters. The number of non-ortho nitro benzene ring substituents is 1. The molecule has 2 rings (SSSR count). The number of aromatic nitrogens is 1. The second-order valence-electron chi connectivity index (χ2n) is 4.78. The number of hydrogen-bond donors (Lipinski definition) is 3. The SMILES string of the molecule is O=C(CNC(=O)Nc1ccc([N+](=O)[O-])cc1Cl)N/N=C\c1ccccn1. The van der Waals surface area contributed by atoms with Crippen molar-refractivity contribution in [3.8, 4) is 0 Å². The number of benzene rings is 1. The number of hydrogen-bond acceptors (Lipinski definition) is 6. The molecule has 3 N–H and O–H groups in total. The number of nitrogens with one attached hydrogen (secondary N) is 3. The molecule has 0 aliphatic carbocycles. The van der Waals surface area contributed by atoms with Gasteiger partial charge in [0.15, 0.2) is 0 Å². The second kappa shape index (κ2) is 9.08. The molecule has 0 radical (unpaired) electrons. The Morgan fingerprint density at radius 2 is 2.12 bits per heavy atom. The van der Waals surface area contributed by atoms with Gasteiger partial charge in [-0.25, -0.2) is 10.2 Å². The molecule has 11 heteroatoms. The number of carbonyl (C=O) groups is 2. The van der Waals surface area contributed by atoms with Gasteiger partial charge in [-0.1, -0.05) is 17.7 Å². The number of carbonyl (C=O) groups excluding carboxylic acids is 2. The smallest absolute Gasteiger partial charge is 0.319 e. The summed E-state index contributed by atoms with van der Waals surface area (Å²) < 4.78 is 0. The quantitative estimate of drug-likeness (QED) is 0.401. The standard InChI is InChI=1S/C15H13ClN6O4/c16-12-7-11(22(25)26)4-5-13(12)20-15(24)18-9-14(23)21-19-8-10-3-1-2-6-17-10/h1-8H,9H2,(H,21,23)(H2,18,20,24)/b19-8-. The van der Waals surface area contributed by atoms with Crippen LogP contribution in [0.4, 0.5) is 16.2 Å². The summed E-state index contributed by atoms with van der Waals surface area (Å²) in [5.74, 6) is -0.554. The van der Waals surface area contributed by atoms with E-state index >= 15 is 0 Å². The van der Waals surface area contributed by atoms with Gasteiger partial charge in [0, 0.05) is 18.3 Å². The molecular formula is C15H13ClN6O4. The van der Waals surface area contributed by atoms with Crippen LogP contribution in [0.3, 0.4) is 0 Å². The van der Waals surface area contributed by atoms with Crippen molar-refractivity contribution in [2.45, 2.75) is 0 Å². The summed E-state index contributed by atoms with van der Waals surface area (Å²) in [6.45, 7) is -0.337. The van der Waals surface area contributed by atoms with Crippen LogP contribution in [-0.4, -0.2) is 34.6 Å². The summed E-state index contributed by atoms with van der Waals surface area (Å²) in [6, 6.07) is 8.11. The van der Waals surface area contributed by atoms with E-state index in [1.165, 1.54) is 18.3 Å². The highest BCUT2D eigenvalue weighted by molar-refractivity contribution is 6.33. The van der Waals surface area contributed by atoms with E-state index in [1.807, 2.05) is 0 Å². The zero-order valence-electron chi connectivity index (χ0n) is 13.2. The average Bonchev–Trinajstić information content (AvgIpc) is 2.62. The van der Waals surface area contributed by atoms with Crippen molar-refractivity contribution in [1.29, 1.82) is 0 Å². The zero-order valence-corrected chi connectivity index (χ0v) is 13.9. The number of rotatable bonds is 6. The molecule has 1 heterocycles. The highest BCUT2D eigenvalue weighted by Crippen LogP contribution is 2.26. The topological polar surface area (TPSA) is 139 Å². The summed E-state index contributed by atoms with van der Waals surface area (Å²) in [5.41, 5.74) is 2.76. The average molecular weight is 377 g/mol. The molecule has 26 heavy (non-hydrogen) atoms. The molecule has 2 aromatic rings. The van der Waals surface area contributed by atoms with Crippen LogP contribution in [0.25, 0.3) is 0 Å². The number of urea groups is 1. The number of halogens is 1. The lowest BCUT2D eigenvalue weighted by molar-refractivity contribution is -0.384. The maximum Gasteiger partial charge on any atom is 0.319 e. The predicted octanol–water partition coefficient (Wildman–Crippen LogP) is 1.91. The van der Waals surface area contributed by atoms with Gasteiger partial charge in [0.25, 0.3) is 11.6 Å². The molecular weight excluding hydrogens is 364 g/mol. The largest absolute Gasteiger partial charge is 0.329 e. The lowest BCUT2D eigenvalue weighted by Gasteiger charge is -2.08. The van der Waals surface area contributed by atoms with Crippen LogP contribution in [0.15, 0.2) is 47.7 Å². The normalized spacial score (nSPS) is 10.3. The minimum atomic E-state index is -0.704. The molecule has 0 aliphatic rings. The number of amides is 3. The molecule has 0 aliphatic heterocycles. The molecule has 1 aromatic heterocycles. The van der Waals surface area contributed by atoms with E-state index in [9.17, 15) is 19.7 Å². The van der Waals surface area contributed by atoms with Crippen molar-refractivity contribution in [3.05, 3.63) is 63.4 Å².